The average Bonchev–Trinajstić information content (AvgIpc) is 2.68. The van der Waals surface area contributed by atoms with Crippen molar-refractivity contribution in [3.8, 4) is 0 Å². The lowest BCUT2D eigenvalue weighted by atomic mass is 10.3. The molecule has 0 spiro atoms. The van der Waals surface area contributed by atoms with E-state index in [4.69, 9.17) is 4.52 Å². The molecule has 2 heterocycles. The minimum Gasteiger partial charge on any atom is -0.361 e. The van der Waals surface area contributed by atoms with Crippen molar-refractivity contribution in [2.45, 2.75) is 6.92 Å². The molecule has 0 aromatic carbocycles. The largest absolute Gasteiger partial charge is 0.361 e. The molecule has 2 aromatic heterocycles. The minimum atomic E-state index is -0.325. The molecule has 0 aliphatic carbocycles. The Bertz CT molecular complexity index is 524. The number of hydrogen-bond donors (Lipinski definition) is 1. The summed E-state index contributed by atoms with van der Waals surface area (Å²) in [7, 11) is 0. The van der Waals surface area contributed by atoms with Gasteiger partial charge in [-0.2, -0.15) is 0 Å². The highest BCUT2D eigenvalue weighted by Gasteiger charge is 2.12. The Morgan fingerprint density at radius 3 is 3.00 bits per heavy atom. The third kappa shape index (κ3) is 2.38. The van der Waals surface area contributed by atoms with Crippen molar-refractivity contribution in [2.24, 2.45) is 0 Å². The number of nitrogens with one attached hydrogen (secondary N) is 1. The molecule has 0 saturated carbocycles. The van der Waals surface area contributed by atoms with Crippen LogP contribution in [-0.4, -0.2) is 16.0 Å². The summed E-state index contributed by atoms with van der Waals surface area (Å²) in [5.74, 6) is 0.795. The lowest BCUT2D eigenvalue weighted by Crippen LogP contribution is -2.14. The van der Waals surface area contributed by atoms with Crippen LogP contribution in [-0.2, 0) is 0 Å². The molecule has 0 aliphatic rings. The summed E-state index contributed by atoms with van der Waals surface area (Å²) in [6.45, 7) is 1.73. The van der Waals surface area contributed by atoms with Gasteiger partial charge in [-0.1, -0.05) is 5.16 Å². The molecule has 0 aliphatic heterocycles. The van der Waals surface area contributed by atoms with E-state index in [9.17, 15) is 4.79 Å². The molecule has 16 heavy (non-hydrogen) atoms. The fourth-order valence-corrected chi connectivity index (χ4v) is 1.60. The van der Waals surface area contributed by atoms with E-state index < -0.39 is 0 Å². The van der Waals surface area contributed by atoms with Crippen molar-refractivity contribution in [3.05, 3.63) is 39.4 Å². The number of aryl methyl sites for hydroxylation is 1. The first-order chi connectivity index (χ1) is 7.66. The highest BCUT2D eigenvalue weighted by atomic mass is 127. The Morgan fingerprint density at radius 2 is 2.38 bits per heavy atom. The first-order valence-corrected chi connectivity index (χ1v) is 5.60. The van der Waals surface area contributed by atoms with Gasteiger partial charge in [0.15, 0.2) is 5.69 Å². The molecule has 2 rings (SSSR count). The number of carbonyl (C=O) groups excluding carboxylic acids is 1. The van der Waals surface area contributed by atoms with Crippen LogP contribution in [0.4, 0.5) is 5.82 Å². The van der Waals surface area contributed by atoms with Crippen LogP contribution in [0.1, 0.15) is 16.2 Å². The average molecular weight is 329 g/mol. The molecule has 0 atom stereocenters. The SMILES string of the molecule is Cc1cc(C(=O)Nc2ncccc2I)no1. The number of carbonyl (C=O) groups is 1. The lowest BCUT2D eigenvalue weighted by Gasteiger charge is -2.02. The van der Waals surface area contributed by atoms with Crippen LogP contribution in [0, 0.1) is 10.5 Å². The van der Waals surface area contributed by atoms with Gasteiger partial charge in [0.2, 0.25) is 0 Å². The van der Waals surface area contributed by atoms with Crippen LogP contribution in [0.15, 0.2) is 28.9 Å². The lowest BCUT2D eigenvalue weighted by molar-refractivity contribution is 0.101. The van der Waals surface area contributed by atoms with Crippen LogP contribution >= 0.6 is 22.6 Å². The van der Waals surface area contributed by atoms with Gasteiger partial charge in [0, 0.05) is 12.3 Å². The summed E-state index contributed by atoms with van der Waals surface area (Å²) < 4.78 is 5.69. The number of nitrogens with zero attached hydrogens (tertiary/aromatic N) is 2. The van der Waals surface area contributed by atoms with Gasteiger partial charge in [-0.15, -0.1) is 0 Å². The first-order valence-electron chi connectivity index (χ1n) is 4.52. The van der Waals surface area contributed by atoms with Crippen molar-refractivity contribution in [2.75, 3.05) is 5.32 Å². The van der Waals surface area contributed by atoms with Crippen LogP contribution in [0.3, 0.4) is 0 Å². The van der Waals surface area contributed by atoms with E-state index in [2.05, 4.69) is 38.0 Å². The molecule has 6 heteroatoms. The molecule has 5 nitrogen and oxygen atoms in total. The summed E-state index contributed by atoms with van der Waals surface area (Å²) in [6.07, 6.45) is 1.62. The standard InChI is InChI=1S/C10H8IN3O2/c1-6-5-8(14-16-6)10(15)13-9-7(11)3-2-4-12-9/h2-5H,1H3,(H,12,13,15). The Labute approximate surface area is 105 Å². The van der Waals surface area contributed by atoms with Gasteiger partial charge >= 0.3 is 0 Å². The Balaban J connectivity index is 2.17. The van der Waals surface area contributed by atoms with E-state index in [0.717, 1.165) is 3.57 Å². The third-order valence-corrected chi connectivity index (χ3v) is 2.72. The van der Waals surface area contributed by atoms with Gasteiger partial charge in [0.25, 0.3) is 5.91 Å². The van der Waals surface area contributed by atoms with Crippen molar-refractivity contribution in [1.82, 2.24) is 10.1 Å². The van der Waals surface area contributed by atoms with E-state index in [1.165, 1.54) is 0 Å². The quantitative estimate of drug-likeness (QED) is 0.858. The van der Waals surface area contributed by atoms with E-state index in [1.807, 2.05) is 6.07 Å². The molecule has 2 aromatic rings. The van der Waals surface area contributed by atoms with Crippen molar-refractivity contribution in [3.63, 3.8) is 0 Å². The number of halogens is 1. The topological polar surface area (TPSA) is 68.0 Å². The van der Waals surface area contributed by atoms with E-state index in [-0.39, 0.29) is 11.6 Å². The molecular formula is C10H8IN3O2. The maximum atomic E-state index is 11.7. The maximum absolute atomic E-state index is 11.7. The van der Waals surface area contributed by atoms with Crippen LogP contribution in [0.25, 0.3) is 0 Å². The molecular weight excluding hydrogens is 321 g/mol. The van der Waals surface area contributed by atoms with Crippen LogP contribution in [0.2, 0.25) is 0 Å². The molecule has 1 N–H and O–H groups in total. The number of rotatable bonds is 2. The second-order valence-electron chi connectivity index (χ2n) is 3.11. The normalized spacial score (nSPS) is 10.1. The zero-order chi connectivity index (χ0) is 11.5. The molecule has 0 fully saturated rings. The van der Waals surface area contributed by atoms with Gasteiger partial charge < -0.3 is 9.84 Å². The van der Waals surface area contributed by atoms with E-state index in [0.29, 0.717) is 11.6 Å². The zero-order valence-corrected chi connectivity index (χ0v) is 10.6. The van der Waals surface area contributed by atoms with Crippen molar-refractivity contribution in [1.29, 1.82) is 0 Å². The second-order valence-corrected chi connectivity index (χ2v) is 4.27. The number of anilines is 1. The first kappa shape index (κ1) is 11.1. The molecule has 0 saturated heterocycles. The van der Waals surface area contributed by atoms with Crippen molar-refractivity contribution >= 4 is 34.3 Å². The second kappa shape index (κ2) is 4.60. The predicted molar refractivity (Wildman–Crippen MR) is 66.1 cm³/mol. The maximum Gasteiger partial charge on any atom is 0.279 e. The summed E-state index contributed by atoms with van der Waals surface area (Å²) >= 11 is 2.10. The number of hydrogen-bond acceptors (Lipinski definition) is 4. The molecule has 82 valence electrons. The van der Waals surface area contributed by atoms with Crippen LogP contribution in [0.5, 0.6) is 0 Å². The van der Waals surface area contributed by atoms with E-state index >= 15 is 0 Å². The predicted octanol–water partition coefficient (Wildman–Crippen LogP) is 2.23. The summed E-state index contributed by atoms with van der Waals surface area (Å²) in [6, 6.07) is 5.24. The highest BCUT2D eigenvalue weighted by molar-refractivity contribution is 14.1. The molecule has 0 unspecified atom stereocenters. The summed E-state index contributed by atoms with van der Waals surface area (Å²) in [4.78, 5) is 15.8. The molecule has 1 amide bonds. The third-order valence-electron chi connectivity index (χ3n) is 1.85. The zero-order valence-electron chi connectivity index (χ0n) is 8.40. The number of amides is 1. The monoisotopic (exact) mass is 329 g/mol. The molecule has 0 bridgehead atoms. The van der Waals surface area contributed by atoms with Gasteiger partial charge in [0.05, 0.1) is 3.57 Å². The molecule has 0 radical (unpaired) electrons. The number of aromatic nitrogens is 2. The summed E-state index contributed by atoms with van der Waals surface area (Å²) in [5, 5.41) is 6.28. The highest BCUT2D eigenvalue weighted by Crippen LogP contribution is 2.14. The Kier molecular flexibility index (Phi) is 3.18. The van der Waals surface area contributed by atoms with Gasteiger partial charge in [-0.05, 0) is 41.6 Å². The van der Waals surface area contributed by atoms with Gasteiger partial charge in [-0.25, -0.2) is 4.98 Å². The smallest absolute Gasteiger partial charge is 0.279 e. The summed E-state index contributed by atoms with van der Waals surface area (Å²) in [5.41, 5.74) is 0.249. The minimum absolute atomic E-state index is 0.249. The Morgan fingerprint density at radius 1 is 1.56 bits per heavy atom. The number of pyridine rings is 1. The van der Waals surface area contributed by atoms with Crippen molar-refractivity contribution < 1.29 is 9.32 Å². The fourth-order valence-electron chi connectivity index (χ4n) is 1.12. The Hall–Kier alpha value is -1.44. The van der Waals surface area contributed by atoms with Gasteiger partial charge in [-0.3, -0.25) is 4.79 Å². The fraction of sp³-hybridized carbons (Fsp3) is 0.100. The van der Waals surface area contributed by atoms with E-state index in [1.54, 1.807) is 25.3 Å². The van der Waals surface area contributed by atoms with Gasteiger partial charge in [0.1, 0.15) is 11.6 Å². The van der Waals surface area contributed by atoms with Crippen LogP contribution < -0.4 is 5.32 Å².